The van der Waals surface area contributed by atoms with Crippen molar-refractivity contribution in [3.05, 3.63) is 40.3 Å². The van der Waals surface area contributed by atoms with Gasteiger partial charge in [-0.1, -0.05) is 11.8 Å². The molecule has 0 aliphatic carbocycles. The van der Waals surface area contributed by atoms with Crippen molar-refractivity contribution in [2.24, 2.45) is 0 Å². The highest BCUT2D eigenvalue weighted by Crippen LogP contribution is 2.33. The van der Waals surface area contributed by atoms with Gasteiger partial charge in [-0.3, -0.25) is 14.2 Å². The maximum absolute atomic E-state index is 12.4. The quantitative estimate of drug-likeness (QED) is 0.823. The Morgan fingerprint density at radius 1 is 1.32 bits per heavy atom. The number of nitrogens with one attached hydrogen (secondary N) is 1. The highest BCUT2D eigenvalue weighted by atomic mass is 32.2. The predicted octanol–water partition coefficient (Wildman–Crippen LogP) is 2.24. The molecule has 2 aromatic rings. The summed E-state index contributed by atoms with van der Waals surface area (Å²) in [5.74, 6) is 1.62. The molecule has 0 spiro atoms. The van der Waals surface area contributed by atoms with Crippen molar-refractivity contribution in [3.63, 3.8) is 0 Å². The van der Waals surface area contributed by atoms with Crippen LogP contribution in [-0.2, 0) is 4.79 Å². The topological polar surface area (TPSA) is 82.5 Å². The van der Waals surface area contributed by atoms with Crippen molar-refractivity contribution in [3.8, 4) is 11.5 Å². The van der Waals surface area contributed by atoms with E-state index in [1.54, 1.807) is 36.8 Å². The van der Waals surface area contributed by atoms with E-state index < -0.39 is 0 Å². The number of carbonyl (C=O) groups is 1. The second kappa shape index (κ2) is 7.18. The Balaban J connectivity index is 1.72. The molecule has 2 heterocycles. The lowest BCUT2D eigenvalue weighted by atomic mass is 10.2. The molecular formula is C17H19N3O4S. The van der Waals surface area contributed by atoms with Gasteiger partial charge in [-0.05, 0) is 19.1 Å². The van der Waals surface area contributed by atoms with E-state index in [0.29, 0.717) is 33.8 Å². The first-order valence-electron chi connectivity index (χ1n) is 7.76. The van der Waals surface area contributed by atoms with Crippen LogP contribution in [0.2, 0.25) is 0 Å². The largest absolute Gasteiger partial charge is 0.493 e. The molecular weight excluding hydrogens is 342 g/mol. The highest BCUT2D eigenvalue weighted by molar-refractivity contribution is 7.99. The zero-order valence-electron chi connectivity index (χ0n) is 14.2. The molecule has 1 aliphatic rings. The van der Waals surface area contributed by atoms with Crippen LogP contribution in [0, 0.1) is 6.92 Å². The summed E-state index contributed by atoms with van der Waals surface area (Å²) in [5, 5.41) is 3.51. The summed E-state index contributed by atoms with van der Waals surface area (Å²) in [4.78, 5) is 28.9. The minimum Gasteiger partial charge on any atom is -0.493 e. The summed E-state index contributed by atoms with van der Waals surface area (Å²) in [6, 6.07) is 6.47. The minimum atomic E-state index is -0.194. The fourth-order valence-corrected chi connectivity index (χ4v) is 3.95. The molecule has 1 unspecified atom stereocenters. The molecule has 3 rings (SSSR count). The van der Waals surface area contributed by atoms with Crippen molar-refractivity contribution in [2.45, 2.75) is 24.5 Å². The Morgan fingerprint density at radius 2 is 2.08 bits per heavy atom. The number of anilines is 1. The maximum atomic E-state index is 12.4. The van der Waals surface area contributed by atoms with Crippen LogP contribution in [0.25, 0.3) is 0 Å². The second-order valence-corrected chi connectivity index (χ2v) is 6.66. The zero-order chi connectivity index (χ0) is 18.0. The molecule has 0 saturated heterocycles. The second-order valence-electron chi connectivity index (χ2n) is 5.68. The first-order valence-corrected chi connectivity index (χ1v) is 8.75. The number of thioether (sulfide) groups is 1. The molecule has 1 aliphatic heterocycles. The number of rotatable bonds is 5. The number of aromatic nitrogens is 2. The molecule has 7 nitrogen and oxygen atoms in total. The molecule has 1 aromatic heterocycles. The van der Waals surface area contributed by atoms with Crippen LogP contribution in [0.5, 0.6) is 11.5 Å². The van der Waals surface area contributed by atoms with Gasteiger partial charge in [0.1, 0.15) is 0 Å². The van der Waals surface area contributed by atoms with E-state index in [1.807, 2.05) is 0 Å². The minimum absolute atomic E-state index is 0.114. The molecule has 0 radical (unpaired) electrons. The van der Waals surface area contributed by atoms with Crippen molar-refractivity contribution in [2.75, 3.05) is 25.3 Å². The van der Waals surface area contributed by atoms with Gasteiger partial charge in [0.15, 0.2) is 16.7 Å². The van der Waals surface area contributed by atoms with Gasteiger partial charge in [-0.2, -0.15) is 0 Å². The normalized spacial score (nSPS) is 15.6. The third-order valence-corrected chi connectivity index (χ3v) is 5.00. The van der Waals surface area contributed by atoms with Crippen LogP contribution in [0.15, 0.2) is 34.2 Å². The third-order valence-electron chi connectivity index (χ3n) is 3.91. The van der Waals surface area contributed by atoms with Gasteiger partial charge in [0.2, 0.25) is 5.91 Å². The molecule has 8 heteroatoms. The number of ether oxygens (including phenoxy) is 2. The molecule has 132 valence electrons. The molecule has 1 aromatic carbocycles. The number of benzene rings is 1. The smallest absolute Gasteiger partial charge is 0.254 e. The molecule has 0 fully saturated rings. The summed E-state index contributed by atoms with van der Waals surface area (Å²) >= 11 is 1.50. The van der Waals surface area contributed by atoms with Gasteiger partial charge in [0, 0.05) is 35.7 Å². The van der Waals surface area contributed by atoms with Crippen molar-refractivity contribution < 1.29 is 14.3 Å². The third kappa shape index (κ3) is 3.63. The Bertz CT molecular complexity index is 865. The van der Waals surface area contributed by atoms with E-state index in [4.69, 9.17) is 9.47 Å². The van der Waals surface area contributed by atoms with E-state index in [2.05, 4.69) is 10.3 Å². The van der Waals surface area contributed by atoms with Crippen molar-refractivity contribution in [1.29, 1.82) is 0 Å². The summed E-state index contributed by atoms with van der Waals surface area (Å²) in [5.41, 5.74) is 1.19. The van der Waals surface area contributed by atoms with E-state index >= 15 is 0 Å². The SMILES string of the molecule is COc1ccc(NC(=O)CC2CSc3nc(C)cc(=O)n32)cc1OC. The van der Waals surface area contributed by atoms with E-state index in [0.717, 1.165) is 0 Å². The summed E-state index contributed by atoms with van der Waals surface area (Å²) in [6.45, 7) is 1.79. The molecule has 0 bridgehead atoms. The van der Waals surface area contributed by atoms with Gasteiger partial charge >= 0.3 is 0 Å². The summed E-state index contributed by atoms with van der Waals surface area (Å²) < 4.78 is 12.0. The lowest BCUT2D eigenvalue weighted by molar-refractivity contribution is -0.116. The highest BCUT2D eigenvalue weighted by Gasteiger charge is 2.27. The zero-order valence-corrected chi connectivity index (χ0v) is 15.1. The number of hydrogen-bond donors (Lipinski definition) is 1. The number of nitrogens with zero attached hydrogens (tertiary/aromatic N) is 2. The van der Waals surface area contributed by atoms with Crippen LogP contribution in [0.3, 0.4) is 0 Å². The van der Waals surface area contributed by atoms with Gasteiger partial charge < -0.3 is 14.8 Å². The molecule has 25 heavy (non-hydrogen) atoms. The van der Waals surface area contributed by atoms with E-state index in [-0.39, 0.29) is 23.9 Å². The van der Waals surface area contributed by atoms with Crippen molar-refractivity contribution in [1.82, 2.24) is 9.55 Å². The fraction of sp³-hybridized carbons (Fsp3) is 0.353. The van der Waals surface area contributed by atoms with Gasteiger partial charge in [0.25, 0.3) is 5.56 Å². The molecule has 1 amide bonds. The van der Waals surface area contributed by atoms with Crippen molar-refractivity contribution >= 4 is 23.4 Å². The predicted molar refractivity (Wildman–Crippen MR) is 95.8 cm³/mol. The number of aryl methyl sites for hydroxylation is 1. The first-order chi connectivity index (χ1) is 12.0. The Hall–Kier alpha value is -2.48. The number of hydrogen-bond acceptors (Lipinski definition) is 6. The number of methoxy groups -OCH3 is 2. The summed E-state index contributed by atoms with van der Waals surface area (Å²) in [7, 11) is 3.09. The lowest BCUT2D eigenvalue weighted by Crippen LogP contribution is -2.27. The van der Waals surface area contributed by atoms with E-state index in [1.165, 1.54) is 24.9 Å². The van der Waals surface area contributed by atoms with Crippen LogP contribution in [-0.4, -0.2) is 35.4 Å². The molecule has 1 atom stereocenters. The fourth-order valence-electron chi connectivity index (χ4n) is 2.75. The Kier molecular flexibility index (Phi) is 4.98. The summed E-state index contributed by atoms with van der Waals surface area (Å²) in [6.07, 6.45) is 0.207. The average Bonchev–Trinajstić information content (AvgIpc) is 2.97. The van der Waals surface area contributed by atoms with Gasteiger partial charge in [0.05, 0.1) is 20.3 Å². The Labute approximate surface area is 149 Å². The lowest BCUT2D eigenvalue weighted by Gasteiger charge is -2.14. The van der Waals surface area contributed by atoms with Crippen LogP contribution in [0.4, 0.5) is 5.69 Å². The first kappa shape index (κ1) is 17.3. The number of carbonyl (C=O) groups excluding carboxylic acids is 1. The number of fused-ring (bicyclic) bond motifs is 1. The maximum Gasteiger partial charge on any atom is 0.254 e. The van der Waals surface area contributed by atoms with E-state index in [9.17, 15) is 9.59 Å². The monoisotopic (exact) mass is 361 g/mol. The van der Waals surface area contributed by atoms with Crippen LogP contribution in [0.1, 0.15) is 18.2 Å². The van der Waals surface area contributed by atoms with Crippen LogP contribution < -0.4 is 20.3 Å². The van der Waals surface area contributed by atoms with Crippen LogP contribution >= 0.6 is 11.8 Å². The molecule has 1 N–H and O–H groups in total. The average molecular weight is 361 g/mol. The van der Waals surface area contributed by atoms with Gasteiger partial charge in [-0.25, -0.2) is 4.98 Å². The Morgan fingerprint density at radius 3 is 2.80 bits per heavy atom. The standard InChI is InChI=1S/C17H19N3O4S/c1-10-6-16(22)20-12(9-25-17(20)18-10)8-15(21)19-11-4-5-13(23-2)14(7-11)24-3/h4-7,12H,8-9H2,1-3H3,(H,19,21). The number of amides is 1. The molecule has 0 saturated carbocycles. The van der Waals surface area contributed by atoms with Gasteiger partial charge in [-0.15, -0.1) is 0 Å².